The van der Waals surface area contributed by atoms with Crippen LogP contribution in [-0.4, -0.2) is 27.2 Å². The first kappa shape index (κ1) is 19.5. The second kappa shape index (κ2) is 7.23. The number of para-hydroxylation sites is 1. The van der Waals surface area contributed by atoms with Crippen molar-refractivity contribution in [2.75, 3.05) is 0 Å². The van der Waals surface area contributed by atoms with Gasteiger partial charge in [0.1, 0.15) is 11.8 Å². The predicted molar refractivity (Wildman–Crippen MR) is 115 cm³/mol. The van der Waals surface area contributed by atoms with E-state index in [1.807, 2.05) is 36.4 Å². The van der Waals surface area contributed by atoms with E-state index in [1.54, 1.807) is 0 Å². The van der Waals surface area contributed by atoms with Gasteiger partial charge in [-0.25, -0.2) is 0 Å². The fourth-order valence-corrected chi connectivity index (χ4v) is 4.41. The maximum Gasteiger partial charge on any atom is 0.321 e. The number of nitrogens with one attached hydrogen (secondary N) is 2. The van der Waals surface area contributed by atoms with Gasteiger partial charge in [-0.15, -0.1) is 0 Å². The molecule has 4 N–H and O–H groups in total. The van der Waals surface area contributed by atoms with E-state index in [2.05, 4.69) is 38.0 Å². The first-order valence-corrected chi connectivity index (χ1v) is 10.2. The quantitative estimate of drug-likeness (QED) is 0.513. The van der Waals surface area contributed by atoms with Crippen molar-refractivity contribution in [2.24, 2.45) is 0 Å². The molecule has 5 heteroatoms. The van der Waals surface area contributed by atoms with Crippen molar-refractivity contribution in [3.63, 3.8) is 0 Å². The fourth-order valence-electron chi connectivity index (χ4n) is 4.41. The molecule has 0 radical (unpaired) electrons. The molecule has 0 unspecified atom stereocenters. The Balaban J connectivity index is 1.94. The SMILES string of the molecule is CC(C)c1cc([C@H]2N[C@@H](C(=O)O)Cc3c2[nH]c2ccccc32)cc(C(C)C)c1O. The molecule has 29 heavy (non-hydrogen) atoms. The van der Waals surface area contributed by atoms with Gasteiger partial charge in [-0.2, -0.15) is 0 Å². The summed E-state index contributed by atoms with van der Waals surface area (Å²) in [6.07, 6.45) is 0.442. The van der Waals surface area contributed by atoms with Gasteiger partial charge in [-0.3, -0.25) is 10.1 Å². The topological polar surface area (TPSA) is 85.4 Å². The first-order chi connectivity index (χ1) is 13.8. The van der Waals surface area contributed by atoms with E-state index in [0.29, 0.717) is 12.2 Å². The number of aromatic amines is 1. The van der Waals surface area contributed by atoms with Crippen molar-refractivity contribution >= 4 is 16.9 Å². The number of aromatic nitrogens is 1. The van der Waals surface area contributed by atoms with E-state index in [9.17, 15) is 15.0 Å². The van der Waals surface area contributed by atoms with Gasteiger partial charge >= 0.3 is 5.97 Å². The second-order valence-corrected chi connectivity index (χ2v) is 8.61. The van der Waals surface area contributed by atoms with Crippen LogP contribution in [0.2, 0.25) is 0 Å². The molecule has 1 aromatic heterocycles. The molecule has 2 atom stereocenters. The summed E-state index contributed by atoms with van der Waals surface area (Å²) in [5.74, 6) is -0.180. The summed E-state index contributed by atoms with van der Waals surface area (Å²) in [6, 6.07) is 11.1. The third-order valence-corrected chi connectivity index (χ3v) is 5.98. The van der Waals surface area contributed by atoms with Gasteiger partial charge in [-0.1, -0.05) is 45.9 Å². The number of carboxylic acid groups (broad SMARTS) is 1. The number of phenols is 1. The number of hydrogen-bond acceptors (Lipinski definition) is 3. The van der Waals surface area contributed by atoms with Crippen LogP contribution in [0, 0.1) is 0 Å². The highest BCUT2D eigenvalue weighted by Gasteiger charge is 2.34. The summed E-state index contributed by atoms with van der Waals surface area (Å²) in [6.45, 7) is 8.24. The molecule has 0 spiro atoms. The number of hydrogen-bond donors (Lipinski definition) is 4. The van der Waals surface area contributed by atoms with E-state index in [1.165, 1.54) is 0 Å². The monoisotopic (exact) mass is 392 g/mol. The number of phenolic OH excluding ortho intramolecular Hbond substituents is 1. The molecule has 5 nitrogen and oxygen atoms in total. The van der Waals surface area contributed by atoms with Crippen molar-refractivity contribution in [1.82, 2.24) is 10.3 Å². The Bertz CT molecular complexity index is 1050. The predicted octanol–water partition coefficient (Wildman–Crippen LogP) is 4.81. The zero-order valence-electron chi connectivity index (χ0n) is 17.3. The van der Waals surface area contributed by atoms with E-state index in [-0.39, 0.29) is 17.9 Å². The van der Waals surface area contributed by atoms with Gasteiger partial charge < -0.3 is 15.2 Å². The average molecular weight is 392 g/mol. The fraction of sp³-hybridized carbons (Fsp3) is 0.375. The number of H-pyrrole nitrogens is 1. The number of aromatic hydroxyl groups is 1. The van der Waals surface area contributed by atoms with Crippen molar-refractivity contribution < 1.29 is 15.0 Å². The van der Waals surface area contributed by atoms with Crippen LogP contribution in [0.15, 0.2) is 36.4 Å². The van der Waals surface area contributed by atoms with Crippen LogP contribution in [-0.2, 0) is 11.2 Å². The molecule has 0 saturated heterocycles. The summed E-state index contributed by atoms with van der Waals surface area (Å²) in [4.78, 5) is 15.4. The third-order valence-electron chi connectivity index (χ3n) is 5.98. The number of carboxylic acids is 1. The molecule has 1 aliphatic heterocycles. The maximum atomic E-state index is 11.9. The average Bonchev–Trinajstić information content (AvgIpc) is 3.05. The van der Waals surface area contributed by atoms with Gasteiger partial charge in [0.05, 0.1) is 6.04 Å². The van der Waals surface area contributed by atoms with Gasteiger partial charge in [0.25, 0.3) is 0 Å². The smallest absolute Gasteiger partial charge is 0.321 e. The summed E-state index contributed by atoms with van der Waals surface area (Å²) in [5.41, 5.74) is 5.85. The zero-order chi connectivity index (χ0) is 20.9. The highest BCUT2D eigenvalue weighted by molar-refractivity contribution is 5.87. The van der Waals surface area contributed by atoms with E-state index in [4.69, 9.17) is 0 Å². The van der Waals surface area contributed by atoms with Crippen LogP contribution in [0.4, 0.5) is 0 Å². The lowest BCUT2D eigenvalue weighted by molar-refractivity contribution is -0.139. The summed E-state index contributed by atoms with van der Waals surface area (Å²) in [7, 11) is 0. The van der Waals surface area contributed by atoms with Gasteiger partial charge in [0.15, 0.2) is 0 Å². The molecule has 0 aliphatic carbocycles. The standard InChI is InChI=1S/C24H28N2O3/c1-12(2)16-9-14(10-17(13(3)4)23(16)27)21-22-18(11-20(26-21)24(28)29)15-7-5-6-8-19(15)25-22/h5-10,12-13,20-21,25-27H,11H2,1-4H3,(H,28,29)/t20-,21-/m1/s1. The number of benzene rings is 2. The maximum absolute atomic E-state index is 11.9. The van der Waals surface area contributed by atoms with Gasteiger partial charge in [0, 0.05) is 23.0 Å². The molecule has 0 amide bonds. The molecule has 2 heterocycles. The van der Waals surface area contributed by atoms with Gasteiger partial charge in [-0.05, 0) is 52.3 Å². The molecular weight excluding hydrogens is 364 g/mol. The van der Waals surface area contributed by atoms with Crippen LogP contribution in [0.3, 0.4) is 0 Å². The Labute approximate surface area is 170 Å². The lowest BCUT2D eigenvalue weighted by Gasteiger charge is -2.31. The van der Waals surface area contributed by atoms with Crippen molar-refractivity contribution in [2.45, 2.75) is 58.0 Å². The molecule has 1 aliphatic rings. The Kier molecular flexibility index (Phi) is 4.87. The van der Waals surface area contributed by atoms with Crippen molar-refractivity contribution in [3.8, 4) is 5.75 Å². The lowest BCUT2D eigenvalue weighted by atomic mass is 9.85. The van der Waals surface area contributed by atoms with Gasteiger partial charge in [0.2, 0.25) is 0 Å². The number of carbonyl (C=O) groups is 1. The zero-order valence-corrected chi connectivity index (χ0v) is 17.3. The van der Waals surface area contributed by atoms with E-state index < -0.39 is 12.0 Å². The summed E-state index contributed by atoms with van der Waals surface area (Å²) < 4.78 is 0. The molecule has 152 valence electrons. The van der Waals surface area contributed by atoms with Crippen LogP contribution in [0.25, 0.3) is 10.9 Å². The van der Waals surface area contributed by atoms with Crippen LogP contribution in [0.1, 0.15) is 73.5 Å². The first-order valence-electron chi connectivity index (χ1n) is 10.2. The van der Waals surface area contributed by atoms with Crippen molar-refractivity contribution in [1.29, 1.82) is 0 Å². The molecular formula is C24H28N2O3. The van der Waals surface area contributed by atoms with E-state index in [0.717, 1.165) is 38.9 Å². The largest absolute Gasteiger partial charge is 0.507 e. The molecule has 0 fully saturated rings. The lowest BCUT2D eigenvalue weighted by Crippen LogP contribution is -2.45. The molecule has 0 saturated carbocycles. The Morgan fingerprint density at radius 1 is 1.07 bits per heavy atom. The van der Waals surface area contributed by atoms with Crippen molar-refractivity contribution in [3.05, 3.63) is 64.3 Å². The normalized spacial score (nSPS) is 19.1. The third kappa shape index (κ3) is 3.29. The Hall–Kier alpha value is -2.79. The molecule has 0 bridgehead atoms. The molecule has 2 aromatic carbocycles. The van der Waals surface area contributed by atoms with Crippen LogP contribution < -0.4 is 5.32 Å². The number of rotatable bonds is 4. The highest BCUT2D eigenvalue weighted by atomic mass is 16.4. The molecule has 3 aromatic rings. The highest BCUT2D eigenvalue weighted by Crippen LogP contribution is 2.40. The summed E-state index contributed by atoms with van der Waals surface area (Å²) >= 11 is 0. The number of fused-ring (bicyclic) bond motifs is 3. The molecule has 4 rings (SSSR count). The number of aliphatic carboxylic acids is 1. The van der Waals surface area contributed by atoms with Crippen LogP contribution >= 0.6 is 0 Å². The minimum absolute atomic E-state index is 0.161. The second-order valence-electron chi connectivity index (χ2n) is 8.61. The Morgan fingerprint density at radius 2 is 1.69 bits per heavy atom. The summed E-state index contributed by atoms with van der Waals surface area (Å²) in [5, 5.41) is 24.9. The minimum Gasteiger partial charge on any atom is -0.507 e. The van der Waals surface area contributed by atoms with E-state index >= 15 is 0 Å². The Morgan fingerprint density at radius 3 is 2.28 bits per heavy atom. The van der Waals surface area contributed by atoms with Crippen LogP contribution in [0.5, 0.6) is 5.75 Å². The minimum atomic E-state index is -0.849.